The standard InChI is InChI=1S/C32H32N4O4/c1-22-14-15-23(2)27(20-22)36(30(38)17-16-29(37)34-28-21-24(3)40-35-28)31(26-12-8-5-9-13-26)32(39)33-19-18-25-10-6-4-7-11-25/h4-17,20-21,31H,18-19H2,1-3H3,(H,33,39)(H,34,35,37)/b17-16+. The van der Waals surface area contributed by atoms with Crippen LogP contribution in [0.5, 0.6) is 0 Å². The molecule has 2 N–H and O–H groups in total. The Morgan fingerprint density at radius 2 is 1.60 bits per heavy atom. The van der Waals surface area contributed by atoms with Gasteiger partial charge < -0.3 is 15.2 Å². The van der Waals surface area contributed by atoms with E-state index < -0.39 is 17.9 Å². The normalized spacial score (nSPS) is 11.7. The van der Waals surface area contributed by atoms with E-state index in [1.807, 2.05) is 92.7 Å². The summed E-state index contributed by atoms with van der Waals surface area (Å²) >= 11 is 0. The second-order valence-corrected chi connectivity index (χ2v) is 9.48. The Hall–Kier alpha value is -4.98. The molecule has 8 nitrogen and oxygen atoms in total. The number of hydrogen-bond acceptors (Lipinski definition) is 5. The van der Waals surface area contributed by atoms with E-state index in [9.17, 15) is 14.4 Å². The molecule has 0 aliphatic heterocycles. The van der Waals surface area contributed by atoms with Gasteiger partial charge in [-0.25, -0.2) is 0 Å². The zero-order valence-corrected chi connectivity index (χ0v) is 22.8. The molecule has 1 aromatic heterocycles. The fraction of sp³-hybridized carbons (Fsp3) is 0.188. The molecular formula is C32H32N4O4. The number of nitrogens with one attached hydrogen (secondary N) is 2. The first kappa shape index (κ1) is 28.0. The van der Waals surface area contributed by atoms with Gasteiger partial charge in [0.05, 0.1) is 0 Å². The van der Waals surface area contributed by atoms with Gasteiger partial charge in [-0.3, -0.25) is 19.3 Å². The molecule has 0 aliphatic rings. The van der Waals surface area contributed by atoms with E-state index in [4.69, 9.17) is 4.52 Å². The van der Waals surface area contributed by atoms with Crippen LogP contribution in [0.3, 0.4) is 0 Å². The molecule has 0 spiro atoms. The Labute approximate surface area is 233 Å². The number of anilines is 2. The number of benzene rings is 3. The highest BCUT2D eigenvalue weighted by atomic mass is 16.5. The van der Waals surface area contributed by atoms with Crippen molar-refractivity contribution in [1.82, 2.24) is 10.5 Å². The van der Waals surface area contributed by atoms with E-state index >= 15 is 0 Å². The van der Waals surface area contributed by atoms with E-state index in [2.05, 4.69) is 15.8 Å². The Morgan fingerprint density at radius 3 is 2.27 bits per heavy atom. The summed E-state index contributed by atoms with van der Waals surface area (Å²) in [7, 11) is 0. The molecule has 3 aromatic carbocycles. The van der Waals surface area contributed by atoms with Gasteiger partial charge in [0.15, 0.2) is 5.82 Å². The third-order valence-corrected chi connectivity index (χ3v) is 6.30. The minimum absolute atomic E-state index is 0.242. The second kappa shape index (κ2) is 13.2. The summed E-state index contributed by atoms with van der Waals surface area (Å²) in [5, 5.41) is 9.32. The molecule has 4 aromatic rings. The number of hydrogen-bond donors (Lipinski definition) is 2. The molecule has 4 rings (SSSR count). The number of carbonyl (C=O) groups is 3. The summed E-state index contributed by atoms with van der Waals surface area (Å²) < 4.78 is 4.97. The highest BCUT2D eigenvalue weighted by molar-refractivity contribution is 6.10. The average Bonchev–Trinajstić information content (AvgIpc) is 3.36. The number of aromatic nitrogens is 1. The first-order valence-electron chi connectivity index (χ1n) is 13.0. The van der Waals surface area contributed by atoms with Gasteiger partial charge >= 0.3 is 0 Å². The molecule has 0 radical (unpaired) electrons. The van der Waals surface area contributed by atoms with E-state index in [0.717, 1.165) is 28.8 Å². The van der Waals surface area contributed by atoms with Gasteiger partial charge in [-0.1, -0.05) is 78.0 Å². The number of nitrogens with zero attached hydrogens (tertiary/aromatic N) is 2. The Kier molecular flexibility index (Phi) is 9.25. The number of carbonyl (C=O) groups excluding carboxylic acids is 3. The van der Waals surface area contributed by atoms with Crippen molar-refractivity contribution >= 4 is 29.2 Å². The van der Waals surface area contributed by atoms with Crippen LogP contribution in [-0.4, -0.2) is 29.4 Å². The van der Waals surface area contributed by atoms with Crippen molar-refractivity contribution < 1.29 is 18.9 Å². The fourth-order valence-corrected chi connectivity index (χ4v) is 4.31. The predicted molar refractivity (Wildman–Crippen MR) is 155 cm³/mol. The molecule has 0 fully saturated rings. The Bertz CT molecular complexity index is 1500. The molecule has 3 amide bonds. The van der Waals surface area contributed by atoms with Crippen molar-refractivity contribution in [3.05, 3.63) is 125 Å². The van der Waals surface area contributed by atoms with E-state index in [0.29, 0.717) is 30.0 Å². The van der Waals surface area contributed by atoms with Crippen molar-refractivity contribution in [3.63, 3.8) is 0 Å². The maximum absolute atomic E-state index is 13.8. The van der Waals surface area contributed by atoms with Crippen LogP contribution in [0, 0.1) is 20.8 Å². The van der Waals surface area contributed by atoms with Gasteiger partial charge in [-0.05, 0) is 55.5 Å². The summed E-state index contributed by atoms with van der Waals surface area (Å²) in [4.78, 5) is 41.6. The Morgan fingerprint density at radius 1 is 0.900 bits per heavy atom. The molecule has 0 saturated carbocycles. The first-order chi connectivity index (χ1) is 19.3. The van der Waals surface area contributed by atoms with Crippen LogP contribution in [0.4, 0.5) is 11.5 Å². The van der Waals surface area contributed by atoms with Gasteiger partial charge in [-0.2, -0.15) is 0 Å². The number of rotatable bonds is 10. The highest BCUT2D eigenvalue weighted by Gasteiger charge is 2.32. The van der Waals surface area contributed by atoms with Crippen LogP contribution >= 0.6 is 0 Å². The fourth-order valence-electron chi connectivity index (χ4n) is 4.31. The van der Waals surface area contributed by atoms with Crippen molar-refractivity contribution in [2.75, 3.05) is 16.8 Å². The van der Waals surface area contributed by atoms with Crippen molar-refractivity contribution in [3.8, 4) is 0 Å². The largest absolute Gasteiger partial charge is 0.360 e. The molecule has 1 atom stereocenters. The molecule has 0 bridgehead atoms. The zero-order valence-electron chi connectivity index (χ0n) is 22.8. The van der Waals surface area contributed by atoms with Gasteiger partial charge in [0.1, 0.15) is 11.8 Å². The predicted octanol–water partition coefficient (Wildman–Crippen LogP) is 5.23. The molecule has 204 valence electrons. The van der Waals surface area contributed by atoms with E-state index in [1.165, 1.54) is 4.90 Å². The van der Waals surface area contributed by atoms with Crippen LogP contribution in [0.15, 0.2) is 102 Å². The highest BCUT2D eigenvalue weighted by Crippen LogP contribution is 2.31. The summed E-state index contributed by atoms with van der Waals surface area (Å²) in [6.07, 6.45) is 2.93. The maximum atomic E-state index is 13.8. The average molecular weight is 537 g/mol. The summed E-state index contributed by atoms with van der Waals surface area (Å²) in [6.45, 7) is 5.91. The van der Waals surface area contributed by atoms with Crippen molar-refractivity contribution in [2.24, 2.45) is 0 Å². The minimum atomic E-state index is -0.976. The molecule has 40 heavy (non-hydrogen) atoms. The van der Waals surface area contributed by atoms with Gasteiger partial charge in [0.25, 0.3) is 5.91 Å². The lowest BCUT2D eigenvalue weighted by atomic mass is 10.0. The number of amides is 3. The third kappa shape index (κ3) is 7.32. The quantitative estimate of drug-likeness (QED) is 0.270. The van der Waals surface area contributed by atoms with Gasteiger partial charge in [-0.15, -0.1) is 0 Å². The molecule has 1 unspecified atom stereocenters. The monoisotopic (exact) mass is 536 g/mol. The SMILES string of the molecule is Cc1ccc(C)c(N(C(=O)/C=C/C(=O)Nc2cc(C)on2)C(C(=O)NCCc2ccccc2)c2ccccc2)c1. The summed E-state index contributed by atoms with van der Waals surface area (Å²) in [5.41, 5.74) is 4.06. The molecule has 0 saturated heterocycles. The lowest BCUT2D eigenvalue weighted by Crippen LogP contribution is -2.44. The van der Waals surface area contributed by atoms with E-state index in [1.54, 1.807) is 13.0 Å². The lowest BCUT2D eigenvalue weighted by molar-refractivity contribution is -0.125. The lowest BCUT2D eigenvalue weighted by Gasteiger charge is -2.32. The zero-order chi connectivity index (χ0) is 28.5. The molecule has 8 heteroatoms. The van der Waals surface area contributed by atoms with Crippen LogP contribution < -0.4 is 15.5 Å². The minimum Gasteiger partial charge on any atom is -0.360 e. The van der Waals surface area contributed by atoms with Crippen LogP contribution in [0.2, 0.25) is 0 Å². The van der Waals surface area contributed by atoms with Crippen molar-refractivity contribution in [1.29, 1.82) is 0 Å². The smallest absolute Gasteiger partial charge is 0.252 e. The van der Waals surface area contributed by atoms with Crippen LogP contribution in [-0.2, 0) is 20.8 Å². The maximum Gasteiger partial charge on any atom is 0.252 e. The topological polar surface area (TPSA) is 105 Å². The first-order valence-corrected chi connectivity index (χ1v) is 13.0. The second-order valence-electron chi connectivity index (χ2n) is 9.48. The Balaban J connectivity index is 1.66. The molecule has 0 aliphatic carbocycles. The van der Waals surface area contributed by atoms with E-state index in [-0.39, 0.29) is 11.7 Å². The van der Waals surface area contributed by atoms with Gasteiger partial charge in [0.2, 0.25) is 11.8 Å². The number of aryl methyl sites for hydroxylation is 3. The summed E-state index contributed by atoms with van der Waals surface area (Å²) in [6, 6.07) is 25.3. The summed E-state index contributed by atoms with van der Waals surface area (Å²) in [5.74, 6) is -0.614. The molecular weight excluding hydrogens is 504 g/mol. The molecule has 1 heterocycles. The van der Waals surface area contributed by atoms with Crippen molar-refractivity contribution in [2.45, 2.75) is 33.2 Å². The third-order valence-electron chi connectivity index (χ3n) is 6.30. The van der Waals surface area contributed by atoms with Crippen LogP contribution in [0.25, 0.3) is 0 Å². The van der Waals surface area contributed by atoms with Gasteiger partial charge in [0, 0.05) is 30.5 Å². The van der Waals surface area contributed by atoms with Crippen LogP contribution in [0.1, 0.15) is 34.1 Å².